The lowest BCUT2D eigenvalue weighted by molar-refractivity contribution is -0.150. The quantitative estimate of drug-likeness (QED) is 0.591. The van der Waals surface area contributed by atoms with E-state index < -0.39 is 5.92 Å². The average Bonchev–Trinajstić information content (AvgIpc) is 2.95. The van der Waals surface area contributed by atoms with Gasteiger partial charge in [0.15, 0.2) is 0 Å². The van der Waals surface area contributed by atoms with Crippen LogP contribution in [0.2, 0.25) is 0 Å². The van der Waals surface area contributed by atoms with Crippen LogP contribution in [0.5, 0.6) is 0 Å². The number of carbonyl (C=O) groups excluding carboxylic acids is 2. The van der Waals surface area contributed by atoms with Gasteiger partial charge in [0, 0.05) is 12.6 Å². The molecule has 3 heterocycles. The summed E-state index contributed by atoms with van der Waals surface area (Å²) in [5.74, 6) is -0.403. The van der Waals surface area contributed by atoms with Crippen molar-refractivity contribution in [2.45, 2.75) is 76.3 Å². The summed E-state index contributed by atoms with van der Waals surface area (Å²) in [4.78, 5) is 28.2. The topological polar surface area (TPSA) is 67.9 Å². The Bertz CT molecular complexity index is 653. The lowest BCUT2D eigenvalue weighted by atomic mass is 9.87. The maximum atomic E-state index is 13.3. The maximum absolute atomic E-state index is 13.3. The normalized spacial score (nSPS) is 34.5. The molecule has 6 heteroatoms. The standard InChI is InChI=1S/C22H32N2O4/c1-14(2)19(21(25)23-15-8-4-3-5-9-15)24-12-6-10-17-20(24)18-16(28-17)11-7-13-27-22(18)26/h6-7,10-11,14-20H,3-5,8-9,12-13H2,1-2H3,(H,23,25)/t16-,17+,18+,19+,20+/m0/s1. The molecular formula is C22H32N2O4. The smallest absolute Gasteiger partial charge is 0.313 e. The SMILES string of the molecule is CC(C)[C@H](C(=O)NC1CCCCC1)N1CC=C[C@H]2O[C@H]3C=CCOC(=O)[C@H]3[C@@H]21. The Kier molecular flexibility index (Phi) is 5.88. The fourth-order valence-electron chi connectivity index (χ4n) is 5.26. The Hall–Kier alpha value is -1.66. The van der Waals surface area contributed by atoms with Gasteiger partial charge in [-0.1, -0.05) is 51.3 Å². The molecule has 0 radical (unpaired) electrons. The van der Waals surface area contributed by atoms with E-state index in [2.05, 4.69) is 30.1 Å². The summed E-state index contributed by atoms with van der Waals surface area (Å²) in [6.07, 6.45) is 13.2. The molecule has 0 spiro atoms. The third-order valence-electron chi connectivity index (χ3n) is 6.53. The number of rotatable bonds is 4. The first-order chi connectivity index (χ1) is 13.6. The molecule has 154 valence electrons. The van der Waals surface area contributed by atoms with E-state index >= 15 is 0 Å². The van der Waals surface area contributed by atoms with E-state index in [0.717, 1.165) is 12.8 Å². The van der Waals surface area contributed by atoms with Gasteiger partial charge in [-0.3, -0.25) is 14.5 Å². The Morgan fingerprint density at radius 2 is 1.89 bits per heavy atom. The molecule has 1 aliphatic carbocycles. The van der Waals surface area contributed by atoms with E-state index in [1.54, 1.807) is 0 Å². The van der Waals surface area contributed by atoms with E-state index in [4.69, 9.17) is 9.47 Å². The second-order valence-electron chi connectivity index (χ2n) is 8.80. The Morgan fingerprint density at radius 1 is 1.14 bits per heavy atom. The van der Waals surface area contributed by atoms with Gasteiger partial charge >= 0.3 is 5.97 Å². The number of fused-ring (bicyclic) bond motifs is 3. The van der Waals surface area contributed by atoms with Crippen LogP contribution in [0.4, 0.5) is 0 Å². The van der Waals surface area contributed by atoms with Gasteiger partial charge < -0.3 is 14.8 Å². The number of amides is 1. The van der Waals surface area contributed by atoms with Gasteiger partial charge in [0.2, 0.25) is 5.91 Å². The van der Waals surface area contributed by atoms with Crippen LogP contribution in [-0.4, -0.2) is 60.3 Å². The molecule has 0 aromatic heterocycles. The summed E-state index contributed by atoms with van der Waals surface area (Å²) in [7, 11) is 0. The van der Waals surface area contributed by atoms with Crippen LogP contribution in [0.25, 0.3) is 0 Å². The van der Waals surface area contributed by atoms with Crippen LogP contribution in [0.3, 0.4) is 0 Å². The first-order valence-corrected chi connectivity index (χ1v) is 10.8. The summed E-state index contributed by atoms with van der Waals surface area (Å²) < 4.78 is 11.5. The zero-order valence-corrected chi connectivity index (χ0v) is 16.9. The molecule has 4 rings (SSSR count). The van der Waals surface area contributed by atoms with E-state index in [9.17, 15) is 9.59 Å². The van der Waals surface area contributed by atoms with E-state index in [1.807, 2.05) is 18.2 Å². The molecule has 5 atom stereocenters. The van der Waals surface area contributed by atoms with Crippen LogP contribution in [-0.2, 0) is 19.1 Å². The molecule has 0 aromatic rings. The molecular weight excluding hydrogens is 356 g/mol. The second kappa shape index (κ2) is 8.37. The van der Waals surface area contributed by atoms with Gasteiger partial charge in [0.25, 0.3) is 0 Å². The van der Waals surface area contributed by atoms with E-state index in [1.165, 1.54) is 19.3 Å². The monoisotopic (exact) mass is 388 g/mol. The minimum absolute atomic E-state index is 0.0805. The highest BCUT2D eigenvalue weighted by Gasteiger charge is 2.53. The van der Waals surface area contributed by atoms with Crippen LogP contribution >= 0.6 is 0 Å². The third-order valence-corrected chi connectivity index (χ3v) is 6.53. The molecule has 0 bridgehead atoms. The highest BCUT2D eigenvalue weighted by Crippen LogP contribution is 2.38. The Morgan fingerprint density at radius 3 is 2.64 bits per heavy atom. The molecule has 0 aromatic carbocycles. The molecule has 1 saturated heterocycles. The summed E-state index contributed by atoms with van der Waals surface area (Å²) in [6.45, 7) is 5.10. The zero-order valence-electron chi connectivity index (χ0n) is 16.9. The fraction of sp³-hybridized carbons (Fsp3) is 0.727. The van der Waals surface area contributed by atoms with Gasteiger partial charge in [-0.25, -0.2) is 0 Å². The van der Waals surface area contributed by atoms with Crippen molar-refractivity contribution < 1.29 is 19.1 Å². The van der Waals surface area contributed by atoms with Crippen LogP contribution in [0, 0.1) is 11.8 Å². The van der Waals surface area contributed by atoms with Crippen molar-refractivity contribution in [3.05, 3.63) is 24.3 Å². The van der Waals surface area contributed by atoms with Crippen molar-refractivity contribution in [3.63, 3.8) is 0 Å². The van der Waals surface area contributed by atoms with Crippen LogP contribution < -0.4 is 5.32 Å². The van der Waals surface area contributed by atoms with Crippen molar-refractivity contribution in [2.24, 2.45) is 11.8 Å². The highest BCUT2D eigenvalue weighted by molar-refractivity contribution is 5.83. The lowest BCUT2D eigenvalue weighted by Gasteiger charge is -2.42. The minimum atomic E-state index is -0.391. The van der Waals surface area contributed by atoms with Crippen molar-refractivity contribution in [1.82, 2.24) is 10.2 Å². The summed E-state index contributed by atoms with van der Waals surface area (Å²) in [5.41, 5.74) is 0. The maximum Gasteiger partial charge on any atom is 0.313 e. The molecule has 1 amide bonds. The predicted octanol–water partition coefficient (Wildman–Crippen LogP) is 2.20. The molecule has 0 unspecified atom stereocenters. The number of nitrogens with one attached hydrogen (secondary N) is 1. The first kappa shape index (κ1) is 19.6. The average molecular weight is 389 g/mol. The van der Waals surface area contributed by atoms with Crippen molar-refractivity contribution >= 4 is 11.9 Å². The number of nitrogens with zero attached hydrogens (tertiary/aromatic N) is 1. The number of ether oxygens (including phenoxy) is 2. The van der Waals surface area contributed by atoms with Gasteiger partial charge in [-0.15, -0.1) is 0 Å². The van der Waals surface area contributed by atoms with Crippen molar-refractivity contribution in [2.75, 3.05) is 13.2 Å². The van der Waals surface area contributed by atoms with Crippen LogP contribution in [0.15, 0.2) is 24.3 Å². The Balaban J connectivity index is 1.57. The van der Waals surface area contributed by atoms with Crippen LogP contribution in [0.1, 0.15) is 46.0 Å². The predicted molar refractivity (Wildman–Crippen MR) is 106 cm³/mol. The molecule has 28 heavy (non-hydrogen) atoms. The number of hydrogen-bond acceptors (Lipinski definition) is 5. The lowest BCUT2D eigenvalue weighted by Crippen LogP contribution is -2.60. The summed E-state index contributed by atoms with van der Waals surface area (Å²) >= 11 is 0. The molecule has 6 nitrogen and oxygen atoms in total. The van der Waals surface area contributed by atoms with Gasteiger partial charge in [-0.05, 0) is 24.8 Å². The molecule has 4 aliphatic rings. The molecule has 1 saturated carbocycles. The number of cyclic esters (lactones) is 1. The molecule has 2 fully saturated rings. The van der Waals surface area contributed by atoms with Crippen molar-refractivity contribution in [3.8, 4) is 0 Å². The number of carbonyl (C=O) groups is 2. The summed E-state index contributed by atoms with van der Waals surface area (Å²) in [5, 5.41) is 3.30. The molecule has 1 N–H and O–H groups in total. The van der Waals surface area contributed by atoms with Crippen molar-refractivity contribution in [1.29, 1.82) is 0 Å². The molecule has 3 aliphatic heterocycles. The van der Waals surface area contributed by atoms with E-state index in [0.29, 0.717) is 6.54 Å². The summed E-state index contributed by atoms with van der Waals surface area (Å²) in [6, 6.07) is -0.187. The number of esters is 1. The fourth-order valence-corrected chi connectivity index (χ4v) is 5.26. The minimum Gasteiger partial charge on any atom is -0.461 e. The van der Waals surface area contributed by atoms with E-state index in [-0.39, 0.29) is 54.7 Å². The Labute approximate surface area is 167 Å². The van der Waals surface area contributed by atoms with Gasteiger partial charge in [0.1, 0.15) is 12.5 Å². The number of hydrogen-bond donors (Lipinski definition) is 1. The third kappa shape index (κ3) is 3.77. The second-order valence-corrected chi connectivity index (χ2v) is 8.80. The van der Waals surface area contributed by atoms with Gasteiger partial charge in [0.05, 0.1) is 24.3 Å². The highest BCUT2D eigenvalue weighted by atomic mass is 16.5. The van der Waals surface area contributed by atoms with Gasteiger partial charge in [-0.2, -0.15) is 0 Å². The zero-order chi connectivity index (χ0) is 19.7. The largest absolute Gasteiger partial charge is 0.461 e. The first-order valence-electron chi connectivity index (χ1n) is 10.8.